The molecule has 1 N–H and O–H groups in total. The van der Waals surface area contributed by atoms with E-state index in [-0.39, 0.29) is 5.56 Å². The van der Waals surface area contributed by atoms with Crippen molar-refractivity contribution in [1.82, 2.24) is 10.2 Å². The molecule has 2 heterocycles. The number of likely N-dealkylation sites (tertiary alicyclic amines) is 1. The third-order valence-corrected chi connectivity index (χ3v) is 4.38. The molecule has 2 atom stereocenters. The first-order valence-electron chi connectivity index (χ1n) is 7.06. The van der Waals surface area contributed by atoms with Crippen LogP contribution in [0.5, 0.6) is 0 Å². The van der Waals surface area contributed by atoms with E-state index in [2.05, 4.69) is 10.2 Å². The Morgan fingerprint density at radius 1 is 1.32 bits per heavy atom. The van der Waals surface area contributed by atoms with Gasteiger partial charge >= 0.3 is 0 Å². The van der Waals surface area contributed by atoms with Gasteiger partial charge in [-0.25, -0.2) is 8.78 Å². The maximum absolute atomic E-state index is 12.7. The van der Waals surface area contributed by atoms with Gasteiger partial charge in [0, 0.05) is 24.7 Å². The third-order valence-electron chi connectivity index (χ3n) is 4.38. The lowest BCUT2D eigenvalue weighted by molar-refractivity contribution is 0.117. The van der Waals surface area contributed by atoms with Gasteiger partial charge in [-0.3, -0.25) is 4.90 Å². The Balaban J connectivity index is 1.71. The second-order valence-corrected chi connectivity index (χ2v) is 5.64. The van der Waals surface area contributed by atoms with E-state index in [9.17, 15) is 8.78 Å². The Hall–Kier alpha value is -1.00. The normalized spacial score (nSPS) is 27.7. The number of benzene rings is 1. The van der Waals surface area contributed by atoms with Crippen molar-refractivity contribution < 1.29 is 8.78 Å². The molecule has 1 aromatic carbocycles. The SMILES string of the molecule is FC(F)c1cccc(CN2CCCC3CNCC32)c1. The molecule has 3 rings (SSSR count). The molecule has 0 aliphatic carbocycles. The summed E-state index contributed by atoms with van der Waals surface area (Å²) in [5, 5.41) is 3.45. The van der Waals surface area contributed by atoms with Crippen molar-refractivity contribution in [3.63, 3.8) is 0 Å². The second kappa shape index (κ2) is 5.55. The number of hydrogen-bond acceptors (Lipinski definition) is 2. The molecular formula is C15H20F2N2. The van der Waals surface area contributed by atoms with Crippen molar-refractivity contribution in [2.24, 2.45) is 5.92 Å². The largest absolute Gasteiger partial charge is 0.315 e. The summed E-state index contributed by atoms with van der Waals surface area (Å²) >= 11 is 0. The van der Waals surface area contributed by atoms with Crippen LogP contribution in [0, 0.1) is 5.92 Å². The maximum atomic E-state index is 12.7. The van der Waals surface area contributed by atoms with Crippen molar-refractivity contribution in [1.29, 1.82) is 0 Å². The fourth-order valence-corrected chi connectivity index (χ4v) is 3.42. The predicted octanol–water partition coefficient (Wildman–Crippen LogP) is 2.81. The molecule has 0 saturated carbocycles. The molecule has 2 nitrogen and oxygen atoms in total. The Labute approximate surface area is 112 Å². The van der Waals surface area contributed by atoms with Gasteiger partial charge in [0.2, 0.25) is 0 Å². The summed E-state index contributed by atoms with van der Waals surface area (Å²) < 4.78 is 25.4. The van der Waals surface area contributed by atoms with Crippen molar-refractivity contribution in [2.45, 2.75) is 31.9 Å². The standard InChI is InChI=1S/C15H20F2N2/c16-15(17)12-4-1-3-11(7-12)10-19-6-2-5-13-8-18-9-14(13)19/h1,3-4,7,13-15,18H,2,5-6,8-10H2. The van der Waals surface area contributed by atoms with Crippen LogP contribution in [0.3, 0.4) is 0 Å². The molecule has 104 valence electrons. The van der Waals surface area contributed by atoms with E-state index < -0.39 is 6.43 Å². The Bertz CT molecular complexity index is 436. The molecule has 0 aromatic heterocycles. The summed E-state index contributed by atoms with van der Waals surface area (Å²) in [5.74, 6) is 0.743. The number of nitrogens with zero attached hydrogens (tertiary/aromatic N) is 1. The minimum atomic E-state index is -2.37. The number of hydrogen-bond donors (Lipinski definition) is 1. The van der Waals surface area contributed by atoms with Gasteiger partial charge in [0.05, 0.1) is 0 Å². The summed E-state index contributed by atoms with van der Waals surface area (Å²) in [4.78, 5) is 2.46. The number of rotatable bonds is 3. The van der Waals surface area contributed by atoms with Gasteiger partial charge in [-0.05, 0) is 43.5 Å². The molecule has 1 aromatic rings. The minimum Gasteiger partial charge on any atom is -0.315 e. The van der Waals surface area contributed by atoms with Gasteiger partial charge < -0.3 is 5.32 Å². The van der Waals surface area contributed by atoms with E-state index in [0.29, 0.717) is 6.04 Å². The van der Waals surface area contributed by atoms with Crippen LogP contribution in [0.15, 0.2) is 24.3 Å². The average molecular weight is 266 g/mol. The summed E-state index contributed by atoms with van der Waals surface area (Å²) in [7, 11) is 0. The number of halogens is 2. The van der Waals surface area contributed by atoms with Gasteiger partial charge in [-0.1, -0.05) is 18.2 Å². The van der Waals surface area contributed by atoms with Crippen molar-refractivity contribution in [3.05, 3.63) is 35.4 Å². The number of piperidine rings is 1. The average Bonchev–Trinajstić information content (AvgIpc) is 2.88. The lowest BCUT2D eigenvalue weighted by atomic mass is 9.91. The molecule has 2 aliphatic rings. The zero-order valence-corrected chi connectivity index (χ0v) is 11.0. The molecule has 2 aliphatic heterocycles. The molecule has 4 heteroatoms. The van der Waals surface area contributed by atoms with Gasteiger partial charge in [0.15, 0.2) is 0 Å². The van der Waals surface area contributed by atoms with E-state index in [1.165, 1.54) is 18.9 Å². The highest BCUT2D eigenvalue weighted by Crippen LogP contribution is 2.28. The monoisotopic (exact) mass is 266 g/mol. The lowest BCUT2D eigenvalue weighted by Gasteiger charge is -2.37. The van der Waals surface area contributed by atoms with Crippen LogP contribution in [0.2, 0.25) is 0 Å². The van der Waals surface area contributed by atoms with Crippen molar-refractivity contribution in [2.75, 3.05) is 19.6 Å². The zero-order chi connectivity index (χ0) is 13.2. The predicted molar refractivity (Wildman–Crippen MR) is 71.2 cm³/mol. The molecule has 2 saturated heterocycles. The first kappa shape index (κ1) is 13.0. The van der Waals surface area contributed by atoms with Crippen LogP contribution in [-0.2, 0) is 6.54 Å². The van der Waals surface area contributed by atoms with Gasteiger partial charge in [0.1, 0.15) is 0 Å². The third kappa shape index (κ3) is 2.79. The maximum Gasteiger partial charge on any atom is 0.263 e. The summed E-state index contributed by atoms with van der Waals surface area (Å²) in [6.45, 7) is 4.03. The lowest BCUT2D eigenvalue weighted by Crippen LogP contribution is -2.44. The number of fused-ring (bicyclic) bond motifs is 1. The van der Waals surface area contributed by atoms with Gasteiger partial charge in [-0.2, -0.15) is 0 Å². The molecule has 0 bridgehead atoms. The molecule has 2 fully saturated rings. The van der Waals surface area contributed by atoms with Crippen LogP contribution >= 0.6 is 0 Å². The van der Waals surface area contributed by atoms with Crippen LogP contribution in [0.25, 0.3) is 0 Å². The minimum absolute atomic E-state index is 0.135. The highest BCUT2D eigenvalue weighted by atomic mass is 19.3. The fraction of sp³-hybridized carbons (Fsp3) is 0.600. The first-order valence-corrected chi connectivity index (χ1v) is 7.06. The molecule has 19 heavy (non-hydrogen) atoms. The molecule has 0 radical (unpaired) electrons. The molecule has 0 spiro atoms. The van der Waals surface area contributed by atoms with Crippen LogP contribution in [0.1, 0.15) is 30.4 Å². The van der Waals surface area contributed by atoms with Crippen LogP contribution < -0.4 is 5.32 Å². The quantitative estimate of drug-likeness (QED) is 0.905. The van der Waals surface area contributed by atoms with Crippen molar-refractivity contribution in [3.8, 4) is 0 Å². The van der Waals surface area contributed by atoms with Crippen molar-refractivity contribution >= 4 is 0 Å². The highest BCUT2D eigenvalue weighted by molar-refractivity contribution is 5.24. The van der Waals surface area contributed by atoms with E-state index in [4.69, 9.17) is 0 Å². The number of alkyl halides is 2. The van der Waals surface area contributed by atoms with Gasteiger partial charge in [0.25, 0.3) is 6.43 Å². The smallest absolute Gasteiger partial charge is 0.263 e. The first-order chi connectivity index (χ1) is 9.24. The number of nitrogens with one attached hydrogen (secondary N) is 1. The van der Waals surface area contributed by atoms with E-state index >= 15 is 0 Å². The summed E-state index contributed by atoms with van der Waals surface area (Å²) in [6.07, 6.45) is 0.144. The van der Waals surface area contributed by atoms with E-state index in [1.807, 2.05) is 6.07 Å². The Kier molecular flexibility index (Phi) is 3.80. The Morgan fingerprint density at radius 3 is 3.05 bits per heavy atom. The Morgan fingerprint density at radius 2 is 2.21 bits per heavy atom. The zero-order valence-electron chi connectivity index (χ0n) is 11.0. The van der Waals surface area contributed by atoms with E-state index in [0.717, 1.165) is 37.7 Å². The molecular weight excluding hydrogens is 246 g/mol. The van der Waals surface area contributed by atoms with E-state index in [1.54, 1.807) is 12.1 Å². The second-order valence-electron chi connectivity index (χ2n) is 5.64. The van der Waals surface area contributed by atoms with Crippen LogP contribution in [-0.4, -0.2) is 30.6 Å². The van der Waals surface area contributed by atoms with Gasteiger partial charge in [-0.15, -0.1) is 0 Å². The molecule has 0 amide bonds. The highest BCUT2D eigenvalue weighted by Gasteiger charge is 2.34. The topological polar surface area (TPSA) is 15.3 Å². The van der Waals surface area contributed by atoms with Crippen LogP contribution in [0.4, 0.5) is 8.78 Å². The fourth-order valence-electron chi connectivity index (χ4n) is 3.42. The molecule has 2 unspecified atom stereocenters. The summed E-state index contributed by atoms with van der Waals surface area (Å²) in [5.41, 5.74) is 1.14. The summed E-state index contributed by atoms with van der Waals surface area (Å²) in [6, 6.07) is 7.44.